The molecule has 0 spiro atoms. The van der Waals surface area contributed by atoms with Gasteiger partial charge in [-0.3, -0.25) is 14.3 Å². The second-order valence-corrected chi connectivity index (χ2v) is 10.2. The highest BCUT2D eigenvalue weighted by Crippen LogP contribution is 2.22. The molecule has 8 nitrogen and oxygen atoms in total. The monoisotopic (exact) mass is 505 g/mol. The van der Waals surface area contributed by atoms with Crippen LogP contribution in [0.15, 0.2) is 53.4 Å². The Labute approximate surface area is 201 Å². The first kappa shape index (κ1) is 26.0. The number of ether oxygens (including phenoxy) is 1. The number of hydrogen-bond acceptors (Lipinski definition) is 6. The van der Waals surface area contributed by atoms with Crippen LogP contribution in [0.1, 0.15) is 42.9 Å². The maximum absolute atomic E-state index is 13.6. The molecule has 1 atom stereocenters. The summed E-state index contributed by atoms with van der Waals surface area (Å²) < 4.78 is 57.9. The number of benzene rings is 2. The van der Waals surface area contributed by atoms with Crippen LogP contribution in [0, 0.1) is 11.6 Å². The highest BCUT2D eigenvalue weighted by molar-refractivity contribution is 7.92. The Kier molecular flexibility index (Phi) is 7.69. The topological polar surface area (TPSA) is 107 Å². The lowest BCUT2D eigenvalue weighted by molar-refractivity contribution is -0.144. The van der Waals surface area contributed by atoms with Gasteiger partial charge >= 0.3 is 5.97 Å². The molecule has 0 radical (unpaired) electrons. The SMILES string of the molecule is CC(C)OC(=O)CS(=O)(=O)c1ccc(C(C)NC(=O)c2cc(-c3ccc(F)c(F)c3)nn2C)cc1. The van der Waals surface area contributed by atoms with Crippen molar-refractivity contribution in [2.45, 2.75) is 37.8 Å². The van der Waals surface area contributed by atoms with E-state index in [1.165, 1.54) is 28.9 Å². The van der Waals surface area contributed by atoms with Crippen molar-refractivity contribution in [2.24, 2.45) is 7.05 Å². The van der Waals surface area contributed by atoms with E-state index >= 15 is 0 Å². The molecule has 0 aliphatic carbocycles. The van der Waals surface area contributed by atoms with E-state index in [0.717, 1.165) is 12.1 Å². The quantitative estimate of drug-likeness (QED) is 0.469. The number of aromatic nitrogens is 2. The molecule has 2 aromatic carbocycles. The molecule has 1 N–H and O–H groups in total. The lowest BCUT2D eigenvalue weighted by Gasteiger charge is -2.15. The molecule has 0 bridgehead atoms. The lowest BCUT2D eigenvalue weighted by atomic mass is 10.1. The summed E-state index contributed by atoms with van der Waals surface area (Å²) in [6.45, 7) is 4.97. The Balaban J connectivity index is 1.70. The smallest absolute Gasteiger partial charge is 0.321 e. The van der Waals surface area contributed by atoms with Crippen LogP contribution < -0.4 is 5.32 Å². The van der Waals surface area contributed by atoms with Crippen LogP contribution in [-0.2, 0) is 26.4 Å². The zero-order chi connectivity index (χ0) is 25.9. The van der Waals surface area contributed by atoms with E-state index in [9.17, 15) is 26.8 Å². The molecule has 0 saturated carbocycles. The van der Waals surface area contributed by atoms with E-state index in [2.05, 4.69) is 10.4 Å². The Morgan fingerprint density at radius 2 is 1.69 bits per heavy atom. The highest BCUT2D eigenvalue weighted by Gasteiger charge is 2.22. The van der Waals surface area contributed by atoms with Crippen LogP contribution in [0.4, 0.5) is 8.78 Å². The number of amides is 1. The molecule has 0 aliphatic rings. The number of esters is 1. The van der Waals surface area contributed by atoms with Crippen LogP contribution in [0.2, 0.25) is 0 Å². The van der Waals surface area contributed by atoms with Gasteiger partial charge in [0.1, 0.15) is 5.69 Å². The van der Waals surface area contributed by atoms with Gasteiger partial charge in [-0.15, -0.1) is 0 Å². The van der Waals surface area contributed by atoms with Gasteiger partial charge < -0.3 is 10.1 Å². The summed E-state index contributed by atoms with van der Waals surface area (Å²) in [4.78, 5) is 24.5. The first-order chi connectivity index (χ1) is 16.4. The largest absolute Gasteiger partial charge is 0.462 e. The number of nitrogens with one attached hydrogen (secondary N) is 1. The lowest BCUT2D eigenvalue weighted by Crippen LogP contribution is -2.28. The molecular weight excluding hydrogens is 480 g/mol. The number of carbonyl (C=O) groups is 2. The molecule has 0 fully saturated rings. The molecule has 11 heteroatoms. The molecule has 35 heavy (non-hydrogen) atoms. The molecule has 3 aromatic rings. The minimum atomic E-state index is -3.87. The van der Waals surface area contributed by atoms with Gasteiger partial charge in [0, 0.05) is 12.6 Å². The Bertz CT molecular complexity index is 1350. The molecule has 1 aromatic heterocycles. The van der Waals surface area contributed by atoms with Crippen molar-refractivity contribution in [2.75, 3.05) is 5.75 Å². The molecular formula is C24H25F2N3O5S. The minimum Gasteiger partial charge on any atom is -0.462 e. The van der Waals surface area contributed by atoms with E-state index < -0.39 is 51.2 Å². The van der Waals surface area contributed by atoms with E-state index in [-0.39, 0.29) is 10.6 Å². The van der Waals surface area contributed by atoms with Gasteiger partial charge in [0.2, 0.25) is 0 Å². The summed E-state index contributed by atoms with van der Waals surface area (Å²) in [6.07, 6.45) is -0.420. The van der Waals surface area contributed by atoms with Crippen LogP contribution in [0.5, 0.6) is 0 Å². The van der Waals surface area contributed by atoms with Crippen molar-refractivity contribution in [1.82, 2.24) is 15.1 Å². The van der Waals surface area contributed by atoms with Gasteiger partial charge in [-0.1, -0.05) is 12.1 Å². The summed E-state index contributed by atoms with van der Waals surface area (Å²) >= 11 is 0. The molecule has 0 aliphatic heterocycles. The molecule has 1 heterocycles. The standard InChI is InChI=1S/C24H25F2N3O5S/c1-14(2)34-23(30)13-35(32,33)18-8-5-16(6-9-18)15(3)27-24(31)22-12-21(28-29(22)4)17-7-10-19(25)20(26)11-17/h5-12,14-15H,13H2,1-4H3,(H,27,31). The Morgan fingerprint density at radius 3 is 2.29 bits per heavy atom. The minimum absolute atomic E-state index is 0.0386. The number of carbonyl (C=O) groups excluding carboxylic acids is 2. The number of halogens is 2. The summed E-state index contributed by atoms with van der Waals surface area (Å²) in [5, 5.41) is 6.99. The number of aryl methyl sites for hydroxylation is 1. The average Bonchev–Trinajstić information content (AvgIpc) is 3.16. The van der Waals surface area contributed by atoms with Gasteiger partial charge in [-0.2, -0.15) is 5.10 Å². The van der Waals surface area contributed by atoms with Crippen molar-refractivity contribution in [3.05, 3.63) is 71.4 Å². The fourth-order valence-corrected chi connectivity index (χ4v) is 4.43. The van der Waals surface area contributed by atoms with Gasteiger partial charge in [0.25, 0.3) is 5.91 Å². The summed E-state index contributed by atoms with van der Waals surface area (Å²) in [5.41, 5.74) is 1.44. The van der Waals surface area contributed by atoms with Crippen molar-refractivity contribution >= 4 is 21.7 Å². The molecule has 186 valence electrons. The van der Waals surface area contributed by atoms with Crippen molar-refractivity contribution in [1.29, 1.82) is 0 Å². The normalized spacial score (nSPS) is 12.4. The predicted octanol–water partition coefficient (Wildman–Crippen LogP) is 3.58. The Hall–Kier alpha value is -3.60. The maximum Gasteiger partial charge on any atom is 0.321 e. The highest BCUT2D eigenvalue weighted by atomic mass is 32.2. The first-order valence-electron chi connectivity index (χ1n) is 10.7. The zero-order valence-electron chi connectivity index (χ0n) is 19.6. The van der Waals surface area contributed by atoms with E-state index in [1.807, 2.05) is 0 Å². The number of nitrogens with zero attached hydrogens (tertiary/aromatic N) is 2. The van der Waals surface area contributed by atoms with E-state index in [4.69, 9.17) is 4.74 Å². The maximum atomic E-state index is 13.6. The molecule has 0 saturated heterocycles. The van der Waals surface area contributed by atoms with Gasteiger partial charge in [0.05, 0.1) is 22.7 Å². The Morgan fingerprint density at radius 1 is 1.03 bits per heavy atom. The third-order valence-corrected chi connectivity index (χ3v) is 6.70. The van der Waals surface area contributed by atoms with E-state index in [0.29, 0.717) is 16.8 Å². The van der Waals surface area contributed by atoms with Gasteiger partial charge in [-0.05, 0) is 62.7 Å². The van der Waals surface area contributed by atoms with Gasteiger partial charge in [0.15, 0.2) is 27.2 Å². The summed E-state index contributed by atoms with van der Waals surface area (Å²) in [6, 6.07) is 10.1. The molecule has 3 rings (SSSR count). The van der Waals surface area contributed by atoms with Crippen molar-refractivity contribution in [3.63, 3.8) is 0 Å². The first-order valence-corrected chi connectivity index (χ1v) is 12.3. The van der Waals surface area contributed by atoms with Crippen LogP contribution in [-0.4, -0.2) is 41.9 Å². The van der Waals surface area contributed by atoms with Gasteiger partial charge in [-0.25, -0.2) is 17.2 Å². The zero-order valence-corrected chi connectivity index (χ0v) is 20.4. The molecule has 1 unspecified atom stereocenters. The number of rotatable bonds is 8. The van der Waals surface area contributed by atoms with Crippen LogP contribution in [0.25, 0.3) is 11.3 Å². The second-order valence-electron chi connectivity index (χ2n) is 8.23. The van der Waals surface area contributed by atoms with Crippen molar-refractivity contribution in [3.8, 4) is 11.3 Å². The second kappa shape index (κ2) is 10.3. The number of hydrogen-bond donors (Lipinski definition) is 1. The number of sulfone groups is 1. The summed E-state index contributed by atoms with van der Waals surface area (Å²) in [5.74, 6) is -4.06. The van der Waals surface area contributed by atoms with E-state index in [1.54, 1.807) is 40.0 Å². The molecule has 1 amide bonds. The predicted molar refractivity (Wildman–Crippen MR) is 124 cm³/mol. The fraction of sp³-hybridized carbons (Fsp3) is 0.292. The fourth-order valence-electron chi connectivity index (χ4n) is 3.33. The van der Waals surface area contributed by atoms with Crippen LogP contribution >= 0.6 is 0 Å². The third-order valence-electron chi connectivity index (χ3n) is 5.09. The summed E-state index contributed by atoms with van der Waals surface area (Å²) in [7, 11) is -2.32. The van der Waals surface area contributed by atoms with Crippen LogP contribution in [0.3, 0.4) is 0 Å². The van der Waals surface area contributed by atoms with Crippen molar-refractivity contribution < 1.29 is 31.5 Å². The average molecular weight is 506 g/mol. The third kappa shape index (κ3) is 6.30.